The zero-order valence-corrected chi connectivity index (χ0v) is 13.9. The molecule has 0 bridgehead atoms. The van der Waals surface area contributed by atoms with Gasteiger partial charge in [-0.25, -0.2) is 18.4 Å². The summed E-state index contributed by atoms with van der Waals surface area (Å²) in [5, 5.41) is 3.25. The first-order valence-corrected chi connectivity index (χ1v) is 9.02. The number of nitrogen functional groups attached to an aromatic ring is 1. The number of nitrogens with two attached hydrogens (primary N) is 1. The summed E-state index contributed by atoms with van der Waals surface area (Å²) in [7, 11) is -2.95. The Morgan fingerprint density at radius 1 is 1.29 bits per heavy atom. The van der Waals surface area contributed by atoms with Gasteiger partial charge in [0.05, 0.1) is 11.5 Å². The Bertz CT molecular complexity index is 635. The molecule has 0 radical (unpaired) electrons. The van der Waals surface area contributed by atoms with Crippen molar-refractivity contribution in [3.8, 4) is 0 Å². The van der Waals surface area contributed by atoms with Crippen molar-refractivity contribution in [2.75, 3.05) is 22.6 Å². The van der Waals surface area contributed by atoms with E-state index in [1.165, 1.54) is 0 Å². The number of anilines is 2. The highest BCUT2D eigenvalue weighted by Crippen LogP contribution is 2.26. The number of sulfone groups is 1. The summed E-state index contributed by atoms with van der Waals surface area (Å²) in [5.74, 6) is 2.18. The zero-order valence-electron chi connectivity index (χ0n) is 13.1. The van der Waals surface area contributed by atoms with E-state index in [4.69, 9.17) is 5.73 Å². The molecule has 0 aromatic carbocycles. The average Bonchev–Trinajstić information content (AvgIpc) is 2.32. The van der Waals surface area contributed by atoms with Gasteiger partial charge in [0.15, 0.2) is 9.84 Å². The Labute approximate surface area is 126 Å². The van der Waals surface area contributed by atoms with E-state index in [0.29, 0.717) is 23.9 Å². The molecule has 2 rings (SSSR count). The molecule has 1 aromatic heterocycles. The lowest BCUT2D eigenvalue weighted by molar-refractivity contribution is 0.543. The van der Waals surface area contributed by atoms with Gasteiger partial charge in [-0.2, -0.15) is 0 Å². The molecular weight excluding hydrogens is 288 g/mol. The van der Waals surface area contributed by atoms with Crippen molar-refractivity contribution >= 4 is 21.5 Å². The number of hydrogen-bond donors (Lipinski definition) is 2. The van der Waals surface area contributed by atoms with E-state index in [-0.39, 0.29) is 23.0 Å². The highest BCUT2D eigenvalue weighted by molar-refractivity contribution is 7.91. The predicted octanol–water partition coefficient (Wildman–Crippen LogP) is 1.65. The first-order chi connectivity index (χ1) is 9.58. The lowest BCUT2D eigenvalue weighted by atomic mass is 9.95. The largest absolute Gasteiger partial charge is 0.383 e. The first-order valence-electron chi connectivity index (χ1n) is 7.20. The topological polar surface area (TPSA) is 98.0 Å². The minimum Gasteiger partial charge on any atom is -0.383 e. The van der Waals surface area contributed by atoms with E-state index in [1.807, 2.05) is 27.7 Å². The fraction of sp³-hybridized carbons (Fsp3) is 0.714. The van der Waals surface area contributed by atoms with Gasteiger partial charge in [0.1, 0.15) is 17.5 Å². The van der Waals surface area contributed by atoms with E-state index < -0.39 is 9.84 Å². The number of hydrogen-bond acceptors (Lipinski definition) is 6. The SMILES string of the molecule is Cc1c(N)nc(C(C)(C)C)nc1NC1CCCS(=O)(=O)C1. The van der Waals surface area contributed by atoms with Crippen molar-refractivity contribution in [3.05, 3.63) is 11.4 Å². The van der Waals surface area contributed by atoms with E-state index in [9.17, 15) is 8.42 Å². The Hall–Kier alpha value is -1.37. The molecule has 0 spiro atoms. The molecule has 1 atom stereocenters. The van der Waals surface area contributed by atoms with E-state index in [2.05, 4.69) is 15.3 Å². The van der Waals surface area contributed by atoms with Gasteiger partial charge in [-0.3, -0.25) is 0 Å². The van der Waals surface area contributed by atoms with Crippen molar-refractivity contribution in [3.63, 3.8) is 0 Å². The Kier molecular flexibility index (Phi) is 4.15. The second-order valence-electron chi connectivity index (χ2n) is 6.75. The van der Waals surface area contributed by atoms with Gasteiger partial charge in [0.2, 0.25) is 0 Å². The molecule has 1 aliphatic rings. The molecule has 21 heavy (non-hydrogen) atoms. The summed E-state index contributed by atoms with van der Waals surface area (Å²) >= 11 is 0. The molecule has 1 aromatic rings. The lowest BCUT2D eigenvalue weighted by Gasteiger charge is -2.26. The summed E-state index contributed by atoms with van der Waals surface area (Å²) in [6.07, 6.45) is 1.51. The summed E-state index contributed by atoms with van der Waals surface area (Å²) in [4.78, 5) is 8.88. The maximum atomic E-state index is 11.7. The first kappa shape index (κ1) is 16.0. The molecule has 1 unspecified atom stereocenters. The standard InChI is InChI=1S/C14H24N4O2S/c1-9-11(15)17-13(14(2,3)4)18-12(9)16-10-6-5-7-21(19,20)8-10/h10H,5-8H2,1-4H3,(H3,15,16,17,18). The van der Waals surface area contributed by atoms with Crippen LogP contribution in [0.2, 0.25) is 0 Å². The molecule has 6 nitrogen and oxygen atoms in total. The number of nitrogens with zero attached hydrogens (tertiary/aromatic N) is 2. The van der Waals surface area contributed by atoms with Gasteiger partial charge in [0, 0.05) is 17.0 Å². The zero-order chi connectivity index (χ0) is 15.8. The summed E-state index contributed by atoms with van der Waals surface area (Å²) < 4.78 is 23.5. The molecule has 0 aliphatic carbocycles. The minimum absolute atomic E-state index is 0.107. The summed E-state index contributed by atoms with van der Waals surface area (Å²) in [5.41, 5.74) is 6.53. The third-order valence-electron chi connectivity index (χ3n) is 3.66. The van der Waals surface area contributed by atoms with Gasteiger partial charge in [0.25, 0.3) is 0 Å². The molecular formula is C14H24N4O2S. The molecule has 7 heteroatoms. The van der Waals surface area contributed by atoms with Gasteiger partial charge in [-0.15, -0.1) is 0 Å². The van der Waals surface area contributed by atoms with Gasteiger partial charge >= 0.3 is 0 Å². The van der Waals surface area contributed by atoms with Crippen LogP contribution < -0.4 is 11.1 Å². The van der Waals surface area contributed by atoms with Crippen LogP contribution in [-0.2, 0) is 15.3 Å². The van der Waals surface area contributed by atoms with E-state index in [0.717, 1.165) is 12.0 Å². The normalized spacial score (nSPS) is 22.0. The third kappa shape index (κ3) is 3.84. The Balaban J connectivity index is 2.29. The van der Waals surface area contributed by atoms with E-state index >= 15 is 0 Å². The molecule has 0 saturated carbocycles. The maximum absolute atomic E-state index is 11.7. The maximum Gasteiger partial charge on any atom is 0.152 e. The van der Waals surface area contributed by atoms with Crippen LogP contribution in [0.5, 0.6) is 0 Å². The molecule has 2 heterocycles. The van der Waals surface area contributed by atoms with Crippen LogP contribution in [0.25, 0.3) is 0 Å². The lowest BCUT2D eigenvalue weighted by Crippen LogP contribution is -2.35. The average molecular weight is 312 g/mol. The monoisotopic (exact) mass is 312 g/mol. The molecule has 1 fully saturated rings. The van der Waals surface area contributed by atoms with Crippen LogP contribution in [0.1, 0.15) is 45.0 Å². The van der Waals surface area contributed by atoms with Crippen molar-refractivity contribution < 1.29 is 8.42 Å². The smallest absolute Gasteiger partial charge is 0.152 e. The molecule has 0 amide bonds. The second kappa shape index (κ2) is 5.44. The predicted molar refractivity (Wildman–Crippen MR) is 85.2 cm³/mol. The van der Waals surface area contributed by atoms with Crippen molar-refractivity contribution in [2.24, 2.45) is 0 Å². The summed E-state index contributed by atoms with van der Waals surface area (Å²) in [6, 6.07) is -0.107. The number of nitrogens with one attached hydrogen (secondary N) is 1. The highest BCUT2D eigenvalue weighted by Gasteiger charge is 2.26. The molecule has 1 aliphatic heterocycles. The fourth-order valence-electron chi connectivity index (χ4n) is 2.34. The fourth-order valence-corrected chi connectivity index (χ4v) is 3.98. The minimum atomic E-state index is -2.95. The van der Waals surface area contributed by atoms with Crippen LogP contribution in [0, 0.1) is 6.92 Å². The van der Waals surface area contributed by atoms with Crippen molar-refractivity contribution in [1.82, 2.24) is 9.97 Å². The van der Waals surface area contributed by atoms with Crippen molar-refractivity contribution in [1.29, 1.82) is 0 Å². The second-order valence-corrected chi connectivity index (χ2v) is 8.98. The third-order valence-corrected chi connectivity index (χ3v) is 5.48. The van der Waals surface area contributed by atoms with Crippen LogP contribution in [0.3, 0.4) is 0 Å². The molecule has 118 valence electrons. The number of rotatable bonds is 2. The quantitative estimate of drug-likeness (QED) is 0.861. The van der Waals surface area contributed by atoms with Gasteiger partial charge in [-0.05, 0) is 19.8 Å². The summed E-state index contributed by atoms with van der Waals surface area (Å²) in [6.45, 7) is 7.91. The number of aromatic nitrogens is 2. The Morgan fingerprint density at radius 3 is 2.52 bits per heavy atom. The van der Waals surface area contributed by atoms with Crippen LogP contribution >= 0.6 is 0 Å². The molecule has 3 N–H and O–H groups in total. The van der Waals surface area contributed by atoms with Crippen LogP contribution in [-0.4, -0.2) is 35.9 Å². The Morgan fingerprint density at radius 2 is 1.95 bits per heavy atom. The highest BCUT2D eigenvalue weighted by atomic mass is 32.2. The van der Waals surface area contributed by atoms with Crippen molar-refractivity contribution in [2.45, 2.75) is 52.0 Å². The van der Waals surface area contributed by atoms with Gasteiger partial charge < -0.3 is 11.1 Å². The van der Waals surface area contributed by atoms with Crippen LogP contribution in [0.15, 0.2) is 0 Å². The van der Waals surface area contributed by atoms with Crippen LogP contribution in [0.4, 0.5) is 11.6 Å². The molecule has 1 saturated heterocycles. The van der Waals surface area contributed by atoms with E-state index in [1.54, 1.807) is 0 Å². The van der Waals surface area contributed by atoms with Gasteiger partial charge in [-0.1, -0.05) is 20.8 Å².